The molecular formula is C14H20FNO3. The van der Waals surface area contributed by atoms with Crippen LogP contribution in [0, 0.1) is 11.7 Å². The lowest BCUT2D eigenvalue weighted by molar-refractivity contribution is -0.144. The molecule has 0 bridgehead atoms. The second-order valence-electron chi connectivity index (χ2n) is 4.92. The maximum Gasteiger partial charge on any atom is 0.344 e. The summed E-state index contributed by atoms with van der Waals surface area (Å²) in [6.45, 7) is 6.93. The number of hydrogen-bond donors (Lipinski definition) is 2. The van der Waals surface area contributed by atoms with E-state index in [0.717, 1.165) is 12.1 Å². The van der Waals surface area contributed by atoms with Gasteiger partial charge in [-0.3, -0.25) is 0 Å². The summed E-state index contributed by atoms with van der Waals surface area (Å²) < 4.78 is 18.6. The fraction of sp³-hybridized carbons (Fsp3) is 0.500. The van der Waals surface area contributed by atoms with Gasteiger partial charge in [0.15, 0.2) is 6.10 Å². The number of hydrogen-bond acceptors (Lipinski definition) is 3. The average Bonchev–Trinajstić information content (AvgIpc) is 2.27. The zero-order valence-electron chi connectivity index (χ0n) is 11.4. The first-order valence-corrected chi connectivity index (χ1v) is 6.28. The quantitative estimate of drug-likeness (QED) is 0.798. The molecule has 0 aliphatic rings. The van der Waals surface area contributed by atoms with Crippen molar-refractivity contribution in [2.45, 2.75) is 33.4 Å². The molecule has 0 saturated heterocycles. The van der Waals surface area contributed by atoms with E-state index >= 15 is 0 Å². The van der Waals surface area contributed by atoms with Gasteiger partial charge in [0.05, 0.1) is 0 Å². The van der Waals surface area contributed by atoms with Crippen LogP contribution in [0.2, 0.25) is 0 Å². The summed E-state index contributed by atoms with van der Waals surface area (Å²) in [4.78, 5) is 10.7. The highest BCUT2D eigenvalue weighted by atomic mass is 19.1. The lowest BCUT2D eigenvalue weighted by atomic mass is 10.2. The minimum Gasteiger partial charge on any atom is -0.479 e. The summed E-state index contributed by atoms with van der Waals surface area (Å²) >= 11 is 0. The van der Waals surface area contributed by atoms with Gasteiger partial charge in [0, 0.05) is 12.6 Å². The fourth-order valence-electron chi connectivity index (χ4n) is 1.55. The second kappa shape index (κ2) is 7.09. The van der Waals surface area contributed by atoms with Crippen LogP contribution in [0.3, 0.4) is 0 Å². The number of halogens is 1. The molecule has 1 aromatic rings. The van der Waals surface area contributed by atoms with Crippen LogP contribution in [0.15, 0.2) is 18.2 Å². The van der Waals surface area contributed by atoms with Crippen molar-refractivity contribution < 1.29 is 19.0 Å². The first-order valence-electron chi connectivity index (χ1n) is 6.28. The standard InChI is InChI=1S/C14H20FNO3/c1-9(2)7-16-8-11-4-12(15)6-13(5-11)19-10(3)14(17)18/h4-6,9-10,16H,7-8H2,1-3H3,(H,17,18). The van der Waals surface area contributed by atoms with Gasteiger partial charge in [0.2, 0.25) is 0 Å². The molecule has 1 rings (SSSR count). The van der Waals surface area contributed by atoms with Gasteiger partial charge in [0.1, 0.15) is 11.6 Å². The number of carboxylic acid groups (broad SMARTS) is 1. The molecule has 0 aliphatic heterocycles. The summed E-state index contributed by atoms with van der Waals surface area (Å²) in [6.07, 6.45) is -1.00. The Bertz CT molecular complexity index is 435. The van der Waals surface area contributed by atoms with Crippen LogP contribution in [-0.2, 0) is 11.3 Å². The molecule has 0 radical (unpaired) electrons. The normalized spacial score (nSPS) is 12.5. The molecule has 2 N–H and O–H groups in total. The first kappa shape index (κ1) is 15.4. The largest absolute Gasteiger partial charge is 0.479 e. The maximum absolute atomic E-state index is 13.4. The molecule has 0 saturated carbocycles. The van der Waals surface area contributed by atoms with Crippen LogP contribution >= 0.6 is 0 Å². The zero-order valence-corrected chi connectivity index (χ0v) is 11.4. The third-order valence-electron chi connectivity index (χ3n) is 2.47. The summed E-state index contributed by atoms with van der Waals surface area (Å²) in [5.74, 6) is -0.771. The minimum atomic E-state index is -1.08. The number of carboxylic acids is 1. The Morgan fingerprint density at radius 2 is 2.05 bits per heavy atom. The monoisotopic (exact) mass is 269 g/mol. The van der Waals surface area contributed by atoms with E-state index in [4.69, 9.17) is 9.84 Å². The Morgan fingerprint density at radius 1 is 1.37 bits per heavy atom. The van der Waals surface area contributed by atoms with Crippen LogP contribution < -0.4 is 10.1 Å². The Labute approximate surface area is 112 Å². The van der Waals surface area contributed by atoms with E-state index in [0.29, 0.717) is 12.5 Å². The van der Waals surface area contributed by atoms with Crippen molar-refractivity contribution >= 4 is 5.97 Å². The molecule has 1 aromatic carbocycles. The maximum atomic E-state index is 13.4. The predicted molar refractivity (Wildman–Crippen MR) is 70.7 cm³/mol. The third-order valence-corrected chi connectivity index (χ3v) is 2.47. The van der Waals surface area contributed by atoms with Crippen LogP contribution in [0.5, 0.6) is 5.75 Å². The summed E-state index contributed by atoms with van der Waals surface area (Å²) in [7, 11) is 0. The Morgan fingerprint density at radius 3 is 2.63 bits per heavy atom. The highest BCUT2D eigenvalue weighted by Crippen LogP contribution is 2.18. The molecular weight excluding hydrogens is 249 g/mol. The molecule has 1 unspecified atom stereocenters. The van der Waals surface area contributed by atoms with Crippen molar-refractivity contribution in [1.82, 2.24) is 5.32 Å². The SMILES string of the molecule is CC(C)CNCc1cc(F)cc(OC(C)C(=O)O)c1. The van der Waals surface area contributed by atoms with Crippen molar-refractivity contribution in [3.63, 3.8) is 0 Å². The highest BCUT2D eigenvalue weighted by Gasteiger charge is 2.13. The molecule has 4 nitrogen and oxygen atoms in total. The minimum absolute atomic E-state index is 0.233. The van der Waals surface area contributed by atoms with Gasteiger partial charge >= 0.3 is 5.97 Å². The highest BCUT2D eigenvalue weighted by molar-refractivity contribution is 5.72. The molecule has 106 valence electrons. The third kappa shape index (κ3) is 5.70. The fourth-order valence-corrected chi connectivity index (χ4v) is 1.55. The lowest BCUT2D eigenvalue weighted by Gasteiger charge is -2.12. The number of ether oxygens (including phenoxy) is 1. The Hall–Kier alpha value is -1.62. The van der Waals surface area contributed by atoms with Crippen LogP contribution in [0.4, 0.5) is 4.39 Å². The zero-order chi connectivity index (χ0) is 14.4. The van der Waals surface area contributed by atoms with E-state index in [9.17, 15) is 9.18 Å². The average molecular weight is 269 g/mol. The number of aliphatic carboxylic acids is 1. The van der Waals surface area contributed by atoms with Crippen molar-refractivity contribution in [1.29, 1.82) is 0 Å². The van der Waals surface area contributed by atoms with E-state index in [-0.39, 0.29) is 5.75 Å². The van der Waals surface area contributed by atoms with E-state index in [2.05, 4.69) is 19.2 Å². The lowest BCUT2D eigenvalue weighted by Crippen LogP contribution is -2.23. The number of rotatable bonds is 7. The van der Waals surface area contributed by atoms with Crippen molar-refractivity contribution in [3.05, 3.63) is 29.6 Å². The predicted octanol–water partition coefficient (Wildman–Crippen LogP) is 2.42. The van der Waals surface area contributed by atoms with Gasteiger partial charge in [-0.15, -0.1) is 0 Å². The molecule has 0 fully saturated rings. The number of benzene rings is 1. The summed E-state index contributed by atoms with van der Waals surface area (Å²) in [5, 5.41) is 11.9. The summed E-state index contributed by atoms with van der Waals surface area (Å²) in [5.41, 5.74) is 0.730. The number of nitrogens with one attached hydrogen (secondary N) is 1. The number of carbonyl (C=O) groups is 1. The van der Waals surface area contributed by atoms with Gasteiger partial charge in [-0.25, -0.2) is 9.18 Å². The van der Waals surface area contributed by atoms with Gasteiger partial charge in [-0.2, -0.15) is 0 Å². The van der Waals surface area contributed by atoms with Crippen LogP contribution in [0.25, 0.3) is 0 Å². The molecule has 0 amide bonds. The van der Waals surface area contributed by atoms with Crippen LogP contribution in [-0.4, -0.2) is 23.7 Å². The van der Waals surface area contributed by atoms with E-state index in [1.807, 2.05) is 0 Å². The van der Waals surface area contributed by atoms with E-state index in [1.165, 1.54) is 19.1 Å². The van der Waals surface area contributed by atoms with Crippen LogP contribution in [0.1, 0.15) is 26.3 Å². The van der Waals surface area contributed by atoms with Gasteiger partial charge < -0.3 is 15.2 Å². The molecule has 0 aliphatic carbocycles. The van der Waals surface area contributed by atoms with Gasteiger partial charge in [0.25, 0.3) is 0 Å². The Kier molecular flexibility index (Phi) is 5.76. The van der Waals surface area contributed by atoms with Crippen molar-refractivity contribution in [2.75, 3.05) is 6.54 Å². The van der Waals surface area contributed by atoms with Gasteiger partial charge in [-0.05, 0) is 37.1 Å². The topological polar surface area (TPSA) is 58.6 Å². The van der Waals surface area contributed by atoms with Crippen molar-refractivity contribution in [3.8, 4) is 5.75 Å². The Balaban J connectivity index is 2.68. The van der Waals surface area contributed by atoms with E-state index < -0.39 is 17.9 Å². The molecule has 1 atom stereocenters. The smallest absolute Gasteiger partial charge is 0.344 e. The van der Waals surface area contributed by atoms with Crippen molar-refractivity contribution in [2.24, 2.45) is 5.92 Å². The van der Waals surface area contributed by atoms with E-state index in [1.54, 1.807) is 6.07 Å². The molecule has 19 heavy (non-hydrogen) atoms. The summed E-state index contributed by atoms with van der Waals surface area (Å²) in [6, 6.07) is 4.24. The second-order valence-corrected chi connectivity index (χ2v) is 4.92. The molecule has 0 spiro atoms. The van der Waals surface area contributed by atoms with Gasteiger partial charge in [-0.1, -0.05) is 13.8 Å². The molecule has 0 aromatic heterocycles. The molecule has 0 heterocycles. The first-order chi connectivity index (χ1) is 8.88. The molecule has 5 heteroatoms.